The van der Waals surface area contributed by atoms with Crippen molar-refractivity contribution < 1.29 is 28.6 Å². The summed E-state index contributed by atoms with van der Waals surface area (Å²) in [6.45, 7) is 9.76. The van der Waals surface area contributed by atoms with Gasteiger partial charge in [0.2, 0.25) is 0 Å². The zero-order chi connectivity index (χ0) is 29.8. The van der Waals surface area contributed by atoms with E-state index in [1.54, 1.807) is 42.5 Å². The summed E-state index contributed by atoms with van der Waals surface area (Å²) in [5.41, 5.74) is 5.92. The van der Waals surface area contributed by atoms with Crippen molar-refractivity contribution in [2.75, 3.05) is 30.5 Å². The molecule has 3 N–H and O–H groups in total. The van der Waals surface area contributed by atoms with E-state index in [-0.39, 0.29) is 12.5 Å². The van der Waals surface area contributed by atoms with Gasteiger partial charge in [0.15, 0.2) is 18.1 Å². The summed E-state index contributed by atoms with van der Waals surface area (Å²) in [7, 11) is 0. The molecule has 0 heterocycles. The van der Waals surface area contributed by atoms with Gasteiger partial charge in [-0.3, -0.25) is 14.4 Å². The van der Waals surface area contributed by atoms with Crippen LogP contribution in [0.15, 0.2) is 76.8 Å². The normalized spacial score (nSPS) is 10.5. The van der Waals surface area contributed by atoms with Crippen molar-refractivity contribution >= 4 is 51.2 Å². The van der Waals surface area contributed by atoms with Gasteiger partial charge in [-0.05, 0) is 102 Å². The first-order valence-electron chi connectivity index (χ1n) is 12.6. The van der Waals surface area contributed by atoms with Crippen LogP contribution in [0.1, 0.15) is 23.6 Å². The second-order valence-electron chi connectivity index (χ2n) is 8.75. The Bertz CT molecular complexity index is 1420. The number of ether oxygens (including phenoxy) is 3. The number of anilines is 2. The van der Waals surface area contributed by atoms with Crippen LogP contribution in [0, 0.1) is 13.8 Å². The van der Waals surface area contributed by atoms with Crippen LogP contribution in [0.5, 0.6) is 17.2 Å². The molecular weight excluding hydrogens is 592 g/mol. The first-order chi connectivity index (χ1) is 19.7. The van der Waals surface area contributed by atoms with E-state index < -0.39 is 11.8 Å². The van der Waals surface area contributed by atoms with Gasteiger partial charge < -0.3 is 24.8 Å². The molecule has 0 spiro atoms. The van der Waals surface area contributed by atoms with Gasteiger partial charge in [0.1, 0.15) is 12.4 Å². The molecule has 0 radical (unpaired) electrons. The lowest BCUT2D eigenvalue weighted by molar-refractivity contribution is -0.136. The number of rotatable bonds is 12. The predicted molar refractivity (Wildman–Crippen MR) is 162 cm³/mol. The lowest BCUT2D eigenvalue weighted by Crippen LogP contribution is -2.32. The number of nitrogens with zero attached hydrogens (tertiary/aromatic N) is 1. The SMILES string of the molecule is C=CCOc1ccc(NC(=O)C(=O)N/N=C\c2cc(Br)c(OCC(=O)Nc3cc(C)cc(C)c3)c(OCC)c2)cc1. The number of benzene rings is 3. The maximum Gasteiger partial charge on any atom is 0.329 e. The molecule has 0 unspecified atom stereocenters. The molecule has 10 nitrogen and oxygen atoms in total. The molecule has 0 aliphatic rings. The summed E-state index contributed by atoms with van der Waals surface area (Å²) in [5.74, 6) is -0.858. The van der Waals surface area contributed by atoms with Gasteiger partial charge in [-0.1, -0.05) is 18.7 Å². The van der Waals surface area contributed by atoms with Gasteiger partial charge in [0, 0.05) is 11.4 Å². The maximum absolute atomic E-state index is 12.5. The van der Waals surface area contributed by atoms with E-state index in [4.69, 9.17) is 14.2 Å². The van der Waals surface area contributed by atoms with Gasteiger partial charge in [-0.2, -0.15) is 5.10 Å². The standard InChI is InChI=1S/C30H31BrN4O6/c1-5-11-40-24-9-7-22(8-10-24)34-29(37)30(38)35-32-17-21-15-25(31)28(26(16-21)39-6-2)41-18-27(36)33-23-13-19(3)12-20(4)14-23/h5,7-10,12-17H,1,6,11,18H2,2-4H3,(H,33,36)(H,34,37)(H,35,38)/b32-17-. The number of halogens is 1. The number of hydrazone groups is 1. The molecule has 0 saturated heterocycles. The molecule has 0 aromatic heterocycles. The number of carbonyl (C=O) groups is 3. The molecule has 0 bridgehead atoms. The molecule has 3 aromatic carbocycles. The molecule has 0 atom stereocenters. The highest BCUT2D eigenvalue weighted by atomic mass is 79.9. The van der Waals surface area contributed by atoms with E-state index >= 15 is 0 Å². The Morgan fingerprint density at radius 3 is 2.27 bits per heavy atom. The molecule has 3 rings (SSSR count). The van der Waals surface area contributed by atoms with Crippen LogP contribution in [0.2, 0.25) is 0 Å². The number of nitrogens with one attached hydrogen (secondary N) is 3. The Kier molecular flexibility index (Phi) is 11.5. The van der Waals surface area contributed by atoms with E-state index in [1.165, 1.54) is 6.21 Å². The van der Waals surface area contributed by atoms with Crippen molar-refractivity contribution in [1.29, 1.82) is 0 Å². The second kappa shape index (κ2) is 15.2. The lowest BCUT2D eigenvalue weighted by atomic mass is 10.1. The molecule has 0 aliphatic carbocycles. The highest BCUT2D eigenvalue weighted by molar-refractivity contribution is 9.10. The first kappa shape index (κ1) is 30.9. The number of aryl methyl sites for hydroxylation is 2. The van der Waals surface area contributed by atoms with Crippen LogP contribution < -0.4 is 30.3 Å². The van der Waals surface area contributed by atoms with Gasteiger partial charge in [0.25, 0.3) is 5.91 Å². The predicted octanol–water partition coefficient (Wildman–Crippen LogP) is 5.14. The topological polar surface area (TPSA) is 127 Å². The number of carbonyl (C=O) groups excluding carboxylic acids is 3. The zero-order valence-electron chi connectivity index (χ0n) is 23.0. The third kappa shape index (κ3) is 9.80. The third-order valence-electron chi connectivity index (χ3n) is 5.25. The minimum absolute atomic E-state index is 0.241. The van der Waals surface area contributed by atoms with Crippen LogP contribution in [-0.2, 0) is 14.4 Å². The number of hydrogen-bond acceptors (Lipinski definition) is 7. The fourth-order valence-corrected chi connectivity index (χ4v) is 4.22. The van der Waals surface area contributed by atoms with Crippen molar-refractivity contribution in [3.05, 3.63) is 88.4 Å². The van der Waals surface area contributed by atoms with Crippen LogP contribution in [0.25, 0.3) is 0 Å². The summed E-state index contributed by atoms with van der Waals surface area (Å²) in [6.07, 6.45) is 2.97. The van der Waals surface area contributed by atoms with Gasteiger partial charge in [-0.15, -0.1) is 0 Å². The van der Waals surface area contributed by atoms with Crippen molar-refractivity contribution in [2.45, 2.75) is 20.8 Å². The largest absolute Gasteiger partial charge is 0.490 e. The average molecular weight is 624 g/mol. The molecule has 41 heavy (non-hydrogen) atoms. The second-order valence-corrected chi connectivity index (χ2v) is 9.61. The van der Waals surface area contributed by atoms with Crippen molar-refractivity contribution in [2.24, 2.45) is 5.10 Å². The van der Waals surface area contributed by atoms with Gasteiger partial charge in [0.05, 0.1) is 17.3 Å². The summed E-state index contributed by atoms with van der Waals surface area (Å²) < 4.78 is 17.3. The minimum atomic E-state index is -0.952. The van der Waals surface area contributed by atoms with Crippen LogP contribution in [0.4, 0.5) is 11.4 Å². The van der Waals surface area contributed by atoms with E-state index in [0.717, 1.165) is 11.1 Å². The average Bonchev–Trinajstić information content (AvgIpc) is 2.91. The highest BCUT2D eigenvalue weighted by Gasteiger charge is 2.15. The highest BCUT2D eigenvalue weighted by Crippen LogP contribution is 2.36. The Balaban J connectivity index is 1.58. The smallest absolute Gasteiger partial charge is 0.329 e. The summed E-state index contributed by atoms with van der Waals surface area (Å²) in [5, 5.41) is 9.17. The quantitative estimate of drug-likeness (QED) is 0.111. The van der Waals surface area contributed by atoms with Gasteiger partial charge in [-0.25, -0.2) is 5.43 Å². The summed E-state index contributed by atoms with van der Waals surface area (Å²) >= 11 is 3.44. The molecule has 0 fully saturated rings. The van der Waals surface area contributed by atoms with Crippen LogP contribution in [-0.4, -0.2) is 43.8 Å². The van der Waals surface area contributed by atoms with Crippen LogP contribution >= 0.6 is 15.9 Å². The fraction of sp³-hybridized carbons (Fsp3) is 0.200. The molecule has 214 valence electrons. The minimum Gasteiger partial charge on any atom is -0.490 e. The Morgan fingerprint density at radius 2 is 1.61 bits per heavy atom. The molecule has 3 aromatic rings. The van der Waals surface area contributed by atoms with Crippen molar-refractivity contribution in [3.63, 3.8) is 0 Å². The maximum atomic E-state index is 12.5. The van der Waals surface area contributed by atoms with Crippen molar-refractivity contribution in [1.82, 2.24) is 5.43 Å². The lowest BCUT2D eigenvalue weighted by Gasteiger charge is -2.15. The molecule has 3 amide bonds. The monoisotopic (exact) mass is 622 g/mol. The van der Waals surface area contributed by atoms with E-state index in [0.29, 0.717) is 51.9 Å². The Hall–Kier alpha value is -4.64. The first-order valence-corrected chi connectivity index (χ1v) is 13.4. The Labute approximate surface area is 246 Å². The summed E-state index contributed by atoms with van der Waals surface area (Å²) in [4.78, 5) is 36.9. The zero-order valence-corrected chi connectivity index (χ0v) is 24.5. The molecule has 11 heteroatoms. The third-order valence-corrected chi connectivity index (χ3v) is 5.84. The molecule has 0 aliphatic heterocycles. The number of amides is 3. The number of hydrogen-bond donors (Lipinski definition) is 3. The fourth-order valence-electron chi connectivity index (χ4n) is 3.64. The Morgan fingerprint density at radius 1 is 0.902 bits per heavy atom. The summed E-state index contributed by atoms with van der Waals surface area (Å²) in [6, 6.07) is 15.6. The molecule has 0 saturated carbocycles. The van der Waals surface area contributed by atoms with E-state index in [1.807, 2.05) is 39.0 Å². The van der Waals surface area contributed by atoms with Gasteiger partial charge >= 0.3 is 11.8 Å². The van der Waals surface area contributed by atoms with E-state index in [2.05, 4.69) is 43.7 Å². The van der Waals surface area contributed by atoms with E-state index in [9.17, 15) is 14.4 Å². The van der Waals surface area contributed by atoms with Crippen LogP contribution in [0.3, 0.4) is 0 Å². The molecular formula is C30H31BrN4O6. The van der Waals surface area contributed by atoms with Crippen molar-refractivity contribution in [3.8, 4) is 17.2 Å².